The zero-order chi connectivity index (χ0) is 16.0. The number of nitrogens with one attached hydrogen (secondary N) is 3. The molecule has 0 radical (unpaired) electrons. The van der Waals surface area contributed by atoms with Crippen LogP contribution in [-0.2, 0) is 19.6 Å². The van der Waals surface area contributed by atoms with Gasteiger partial charge >= 0.3 is 0 Å². The highest BCUT2D eigenvalue weighted by molar-refractivity contribution is 7.89. The number of sulfonamides is 1. The quantitative estimate of drug-likeness (QED) is 0.665. The molecule has 9 heteroatoms. The molecule has 3 N–H and O–H groups in total. The van der Waals surface area contributed by atoms with E-state index in [4.69, 9.17) is 4.74 Å². The summed E-state index contributed by atoms with van der Waals surface area (Å²) in [6.07, 6.45) is 0. The van der Waals surface area contributed by atoms with Gasteiger partial charge in [-0.15, -0.1) is 0 Å². The first kappa shape index (κ1) is 16.9. The fraction of sp³-hybridized carbons (Fsp3) is 0.333. The lowest BCUT2D eigenvalue weighted by molar-refractivity contribution is -0.119. The van der Waals surface area contributed by atoms with Crippen LogP contribution in [0.4, 0.5) is 5.69 Å². The smallest absolute Gasteiger partial charge is 0.241 e. The molecule has 0 atom stereocenters. The Morgan fingerprint density at radius 1 is 1.29 bits per heavy atom. The van der Waals surface area contributed by atoms with Gasteiger partial charge in [0.15, 0.2) is 0 Å². The van der Waals surface area contributed by atoms with Crippen molar-refractivity contribution in [2.75, 3.05) is 26.0 Å². The molecular formula is C12H17N3O5S. The van der Waals surface area contributed by atoms with Crippen LogP contribution in [0, 0.1) is 0 Å². The first-order valence-electron chi connectivity index (χ1n) is 5.96. The van der Waals surface area contributed by atoms with Gasteiger partial charge in [0.25, 0.3) is 0 Å². The molecule has 21 heavy (non-hydrogen) atoms. The summed E-state index contributed by atoms with van der Waals surface area (Å²) in [5.74, 6) is -0.560. The summed E-state index contributed by atoms with van der Waals surface area (Å²) in [4.78, 5) is 22.0. The number of amides is 2. The molecule has 2 amide bonds. The largest absolute Gasteiger partial charge is 0.495 e. The van der Waals surface area contributed by atoms with E-state index in [1.807, 2.05) is 0 Å². The first-order valence-corrected chi connectivity index (χ1v) is 7.44. The monoisotopic (exact) mass is 315 g/mol. The van der Waals surface area contributed by atoms with Gasteiger partial charge in [0, 0.05) is 20.0 Å². The maximum Gasteiger partial charge on any atom is 0.241 e. The first-order chi connectivity index (χ1) is 9.80. The van der Waals surface area contributed by atoms with Crippen molar-refractivity contribution in [3.05, 3.63) is 18.2 Å². The van der Waals surface area contributed by atoms with Crippen molar-refractivity contribution in [3.63, 3.8) is 0 Å². The predicted molar refractivity (Wildman–Crippen MR) is 76.6 cm³/mol. The van der Waals surface area contributed by atoms with Gasteiger partial charge in [-0.25, -0.2) is 13.1 Å². The molecule has 0 unspecified atom stereocenters. The lowest BCUT2D eigenvalue weighted by Gasteiger charge is -2.11. The van der Waals surface area contributed by atoms with E-state index in [0.29, 0.717) is 5.69 Å². The molecule has 0 aromatic heterocycles. The fourth-order valence-corrected chi connectivity index (χ4v) is 2.46. The second kappa shape index (κ2) is 7.04. The zero-order valence-electron chi connectivity index (χ0n) is 11.9. The molecule has 0 aliphatic carbocycles. The summed E-state index contributed by atoms with van der Waals surface area (Å²) >= 11 is 0. The van der Waals surface area contributed by atoms with Gasteiger partial charge in [0.05, 0.1) is 24.2 Å². The van der Waals surface area contributed by atoms with Crippen LogP contribution in [0.1, 0.15) is 6.92 Å². The Morgan fingerprint density at radius 3 is 2.48 bits per heavy atom. The molecule has 8 nitrogen and oxygen atoms in total. The van der Waals surface area contributed by atoms with E-state index in [1.54, 1.807) is 0 Å². The number of hydrogen-bond acceptors (Lipinski definition) is 5. The van der Waals surface area contributed by atoms with Crippen molar-refractivity contribution in [1.82, 2.24) is 10.0 Å². The van der Waals surface area contributed by atoms with Gasteiger partial charge < -0.3 is 15.4 Å². The Hall–Kier alpha value is -2.13. The van der Waals surface area contributed by atoms with Crippen LogP contribution in [0.15, 0.2) is 23.1 Å². The normalized spacial score (nSPS) is 10.8. The molecule has 1 rings (SSSR count). The molecule has 0 aliphatic rings. The third-order valence-electron chi connectivity index (χ3n) is 2.50. The molecular weight excluding hydrogens is 298 g/mol. The number of carbonyl (C=O) groups is 2. The second-order valence-corrected chi connectivity index (χ2v) is 5.81. The SMILES string of the molecule is CNC(=O)CNS(=O)(=O)c1ccc(NC(C)=O)c(OC)c1. The van der Waals surface area contributed by atoms with Gasteiger partial charge in [-0.2, -0.15) is 0 Å². The van der Waals surface area contributed by atoms with Crippen molar-refractivity contribution >= 4 is 27.5 Å². The van der Waals surface area contributed by atoms with Crippen molar-refractivity contribution in [1.29, 1.82) is 0 Å². The van der Waals surface area contributed by atoms with Crippen LogP contribution in [-0.4, -0.2) is 40.9 Å². The number of rotatable bonds is 6. The van der Waals surface area contributed by atoms with E-state index in [2.05, 4.69) is 15.4 Å². The number of anilines is 1. The lowest BCUT2D eigenvalue weighted by atomic mass is 10.3. The van der Waals surface area contributed by atoms with E-state index >= 15 is 0 Å². The van der Waals surface area contributed by atoms with E-state index in [-0.39, 0.29) is 23.1 Å². The van der Waals surface area contributed by atoms with Crippen LogP contribution in [0.3, 0.4) is 0 Å². The van der Waals surface area contributed by atoms with Crippen molar-refractivity contribution in [2.24, 2.45) is 0 Å². The van der Waals surface area contributed by atoms with Crippen molar-refractivity contribution in [3.8, 4) is 5.75 Å². The summed E-state index contributed by atoms with van der Waals surface area (Å²) < 4.78 is 31.2. The number of methoxy groups -OCH3 is 1. The molecule has 0 heterocycles. The molecule has 1 aromatic carbocycles. The number of hydrogen-bond donors (Lipinski definition) is 3. The molecule has 1 aromatic rings. The van der Waals surface area contributed by atoms with Gasteiger partial charge in [0.2, 0.25) is 21.8 Å². The molecule has 0 bridgehead atoms. The van der Waals surface area contributed by atoms with E-state index in [0.717, 1.165) is 0 Å². The summed E-state index contributed by atoms with van der Waals surface area (Å²) in [6, 6.07) is 3.98. The average Bonchev–Trinajstić information content (AvgIpc) is 2.44. The molecule has 0 aliphatic heterocycles. The number of benzene rings is 1. The Labute approximate surface area is 122 Å². The molecule has 0 spiro atoms. The number of carbonyl (C=O) groups excluding carboxylic acids is 2. The van der Waals surface area contributed by atoms with Crippen LogP contribution in [0.25, 0.3) is 0 Å². The molecule has 0 fully saturated rings. The highest BCUT2D eigenvalue weighted by Gasteiger charge is 2.17. The van der Waals surface area contributed by atoms with E-state index < -0.39 is 15.9 Å². The molecule has 0 saturated carbocycles. The Kier molecular flexibility index (Phi) is 5.68. The summed E-state index contributed by atoms with van der Waals surface area (Å²) in [5.41, 5.74) is 0.357. The van der Waals surface area contributed by atoms with Crippen LogP contribution >= 0.6 is 0 Å². The van der Waals surface area contributed by atoms with Crippen LogP contribution in [0.2, 0.25) is 0 Å². The number of ether oxygens (including phenoxy) is 1. The van der Waals surface area contributed by atoms with Gasteiger partial charge in [0.1, 0.15) is 5.75 Å². The molecule has 0 saturated heterocycles. The van der Waals surface area contributed by atoms with Crippen molar-refractivity contribution < 1.29 is 22.7 Å². The van der Waals surface area contributed by atoms with E-state index in [1.165, 1.54) is 39.3 Å². The Bertz CT molecular complexity index is 642. The van der Waals surface area contributed by atoms with E-state index in [9.17, 15) is 18.0 Å². The summed E-state index contributed by atoms with van der Waals surface area (Å²) in [5, 5.41) is 4.82. The van der Waals surface area contributed by atoms with Gasteiger partial charge in [-0.1, -0.05) is 0 Å². The topological polar surface area (TPSA) is 114 Å². The van der Waals surface area contributed by atoms with Crippen molar-refractivity contribution in [2.45, 2.75) is 11.8 Å². The maximum atomic E-state index is 12.0. The zero-order valence-corrected chi connectivity index (χ0v) is 12.7. The van der Waals surface area contributed by atoms with Gasteiger partial charge in [-0.05, 0) is 12.1 Å². The van der Waals surface area contributed by atoms with Gasteiger partial charge in [-0.3, -0.25) is 9.59 Å². The highest BCUT2D eigenvalue weighted by Crippen LogP contribution is 2.27. The minimum Gasteiger partial charge on any atom is -0.495 e. The highest BCUT2D eigenvalue weighted by atomic mass is 32.2. The maximum absolute atomic E-state index is 12.0. The molecule has 116 valence electrons. The fourth-order valence-electron chi connectivity index (χ4n) is 1.46. The Morgan fingerprint density at radius 2 is 1.95 bits per heavy atom. The Balaban J connectivity index is 3.02. The summed E-state index contributed by atoms with van der Waals surface area (Å²) in [7, 11) is -1.09. The summed E-state index contributed by atoms with van der Waals surface area (Å²) in [6.45, 7) is 0.962. The standard InChI is InChI=1S/C12H17N3O5S/c1-8(16)15-10-5-4-9(6-11(10)20-3)21(18,19)14-7-12(17)13-2/h4-6,14H,7H2,1-3H3,(H,13,17)(H,15,16). The predicted octanol–water partition coefficient (Wildman–Crippen LogP) is -0.322. The third kappa shape index (κ3) is 4.72. The lowest BCUT2D eigenvalue weighted by Crippen LogP contribution is -2.35. The minimum atomic E-state index is -3.85. The third-order valence-corrected chi connectivity index (χ3v) is 3.89. The average molecular weight is 315 g/mol. The second-order valence-electron chi connectivity index (χ2n) is 4.04. The van der Waals surface area contributed by atoms with Crippen LogP contribution < -0.4 is 20.1 Å². The van der Waals surface area contributed by atoms with Crippen LogP contribution in [0.5, 0.6) is 5.75 Å². The number of likely N-dealkylation sites (N-methyl/N-ethyl adjacent to an activating group) is 1. The minimum absolute atomic E-state index is 0.0719.